The van der Waals surface area contributed by atoms with Crippen LogP contribution in [-0.2, 0) is 6.42 Å². The molecule has 2 rings (SSSR count). The molecular formula is C11H15N3S. The van der Waals surface area contributed by atoms with Gasteiger partial charge in [0.1, 0.15) is 0 Å². The van der Waals surface area contributed by atoms with E-state index in [-0.39, 0.29) is 0 Å². The van der Waals surface area contributed by atoms with Crippen molar-refractivity contribution in [1.82, 2.24) is 9.97 Å². The van der Waals surface area contributed by atoms with Crippen LogP contribution in [0.4, 0.5) is 0 Å². The van der Waals surface area contributed by atoms with Crippen LogP contribution in [0.15, 0.2) is 18.5 Å². The summed E-state index contributed by atoms with van der Waals surface area (Å²) in [5.74, 6) is 0.554. The SMILES string of the molecule is CCC(CN)Cc1nc2cnccc2s1. The van der Waals surface area contributed by atoms with Crippen molar-refractivity contribution >= 4 is 21.6 Å². The standard InChI is InChI=1S/C11H15N3S/c1-2-8(6-12)5-11-14-9-7-13-4-3-10(9)15-11/h3-4,7-8H,2,5-6,12H2,1H3. The second kappa shape index (κ2) is 4.68. The molecule has 15 heavy (non-hydrogen) atoms. The van der Waals surface area contributed by atoms with Crippen LogP contribution in [0.1, 0.15) is 18.4 Å². The van der Waals surface area contributed by atoms with E-state index in [1.54, 1.807) is 11.3 Å². The third kappa shape index (κ3) is 2.33. The van der Waals surface area contributed by atoms with E-state index in [0.717, 1.165) is 24.9 Å². The molecular weight excluding hydrogens is 206 g/mol. The Morgan fingerprint density at radius 2 is 2.40 bits per heavy atom. The third-order valence-electron chi connectivity index (χ3n) is 2.61. The van der Waals surface area contributed by atoms with Gasteiger partial charge < -0.3 is 5.73 Å². The molecule has 0 aliphatic carbocycles. The first-order chi connectivity index (χ1) is 7.33. The van der Waals surface area contributed by atoms with Gasteiger partial charge in [0.05, 0.1) is 21.4 Å². The van der Waals surface area contributed by atoms with Gasteiger partial charge in [-0.2, -0.15) is 0 Å². The summed E-state index contributed by atoms with van der Waals surface area (Å²) in [6.07, 6.45) is 5.74. The second-order valence-electron chi connectivity index (χ2n) is 3.67. The van der Waals surface area contributed by atoms with Crippen LogP contribution in [0, 0.1) is 5.92 Å². The van der Waals surface area contributed by atoms with Gasteiger partial charge in [0.15, 0.2) is 0 Å². The van der Waals surface area contributed by atoms with E-state index >= 15 is 0 Å². The van der Waals surface area contributed by atoms with Crippen LogP contribution < -0.4 is 5.73 Å². The predicted molar refractivity (Wildman–Crippen MR) is 64.0 cm³/mol. The smallest absolute Gasteiger partial charge is 0.0998 e. The zero-order valence-electron chi connectivity index (χ0n) is 8.81. The highest BCUT2D eigenvalue weighted by molar-refractivity contribution is 7.18. The van der Waals surface area contributed by atoms with Crippen LogP contribution in [0.25, 0.3) is 10.2 Å². The molecule has 2 heterocycles. The van der Waals surface area contributed by atoms with E-state index in [2.05, 4.69) is 16.9 Å². The Balaban J connectivity index is 2.21. The van der Waals surface area contributed by atoms with Crippen LogP contribution >= 0.6 is 11.3 Å². The van der Waals surface area contributed by atoms with Gasteiger partial charge in [0, 0.05) is 12.6 Å². The average Bonchev–Trinajstić information content (AvgIpc) is 2.68. The van der Waals surface area contributed by atoms with Gasteiger partial charge in [-0.3, -0.25) is 4.98 Å². The van der Waals surface area contributed by atoms with Crippen LogP contribution in [0.2, 0.25) is 0 Å². The third-order valence-corrected chi connectivity index (χ3v) is 3.67. The Morgan fingerprint density at radius 3 is 3.07 bits per heavy atom. The minimum atomic E-state index is 0.554. The number of hydrogen-bond acceptors (Lipinski definition) is 4. The maximum Gasteiger partial charge on any atom is 0.0998 e. The highest BCUT2D eigenvalue weighted by Crippen LogP contribution is 2.23. The zero-order valence-corrected chi connectivity index (χ0v) is 9.63. The zero-order chi connectivity index (χ0) is 10.7. The number of nitrogens with zero attached hydrogens (tertiary/aromatic N) is 2. The maximum absolute atomic E-state index is 5.69. The fraction of sp³-hybridized carbons (Fsp3) is 0.455. The van der Waals surface area contributed by atoms with Crippen molar-refractivity contribution in [2.45, 2.75) is 19.8 Å². The number of rotatable bonds is 4. The lowest BCUT2D eigenvalue weighted by Crippen LogP contribution is -2.15. The molecule has 80 valence electrons. The first-order valence-electron chi connectivity index (χ1n) is 5.23. The Kier molecular flexibility index (Phi) is 3.28. The molecule has 0 fully saturated rings. The second-order valence-corrected chi connectivity index (χ2v) is 4.78. The van der Waals surface area contributed by atoms with Crippen molar-refractivity contribution in [2.24, 2.45) is 11.7 Å². The van der Waals surface area contributed by atoms with Crippen molar-refractivity contribution in [2.75, 3.05) is 6.54 Å². The molecule has 1 atom stereocenters. The summed E-state index contributed by atoms with van der Waals surface area (Å²) >= 11 is 1.75. The molecule has 0 aromatic carbocycles. The molecule has 0 aliphatic rings. The van der Waals surface area contributed by atoms with E-state index in [1.165, 1.54) is 9.71 Å². The lowest BCUT2D eigenvalue weighted by molar-refractivity contribution is 0.518. The van der Waals surface area contributed by atoms with Crippen molar-refractivity contribution in [3.63, 3.8) is 0 Å². The molecule has 1 unspecified atom stereocenters. The molecule has 0 bridgehead atoms. The average molecular weight is 221 g/mol. The van der Waals surface area contributed by atoms with Gasteiger partial charge in [0.2, 0.25) is 0 Å². The lowest BCUT2D eigenvalue weighted by atomic mass is 10.0. The van der Waals surface area contributed by atoms with Gasteiger partial charge in [-0.05, 0) is 18.5 Å². The van der Waals surface area contributed by atoms with E-state index < -0.39 is 0 Å². The predicted octanol–water partition coefficient (Wildman–Crippen LogP) is 2.22. The summed E-state index contributed by atoms with van der Waals surface area (Å²) < 4.78 is 1.21. The Bertz CT molecular complexity index is 401. The topological polar surface area (TPSA) is 51.8 Å². The number of fused-ring (bicyclic) bond motifs is 1. The molecule has 2 N–H and O–H groups in total. The van der Waals surface area contributed by atoms with Crippen LogP contribution in [-0.4, -0.2) is 16.5 Å². The minimum Gasteiger partial charge on any atom is -0.330 e. The van der Waals surface area contributed by atoms with Crippen LogP contribution in [0.3, 0.4) is 0 Å². The van der Waals surface area contributed by atoms with E-state index in [1.807, 2.05) is 18.5 Å². The monoisotopic (exact) mass is 221 g/mol. The number of thiazole rings is 1. The summed E-state index contributed by atoms with van der Waals surface area (Å²) in [5, 5.41) is 1.18. The van der Waals surface area contributed by atoms with Crippen molar-refractivity contribution in [3.05, 3.63) is 23.5 Å². The summed E-state index contributed by atoms with van der Waals surface area (Å²) in [7, 11) is 0. The molecule has 4 heteroatoms. The number of hydrogen-bond donors (Lipinski definition) is 1. The number of pyridine rings is 1. The summed E-state index contributed by atoms with van der Waals surface area (Å²) in [6.45, 7) is 2.91. The first-order valence-corrected chi connectivity index (χ1v) is 6.04. The van der Waals surface area contributed by atoms with Crippen LogP contribution in [0.5, 0.6) is 0 Å². The fourth-order valence-corrected chi connectivity index (χ4v) is 2.61. The summed E-state index contributed by atoms with van der Waals surface area (Å²) in [5.41, 5.74) is 6.69. The van der Waals surface area contributed by atoms with E-state index in [0.29, 0.717) is 5.92 Å². The molecule has 2 aromatic rings. The van der Waals surface area contributed by atoms with Gasteiger partial charge >= 0.3 is 0 Å². The minimum absolute atomic E-state index is 0.554. The number of aromatic nitrogens is 2. The van der Waals surface area contributed by atoms with Gasteiger partial charge in [-0.25, -0.2) is 4.98 Å². The Hall–Kier alpha value is -1.00. The molecule has 2 aromatic heterocycles. The molecule has 3 nitrogen and oxygen atoms in total. The molecule has 0 spiro atoms. The largest absolute Gasteiger partial charge is 0.330 e. The first kappa shape index (κ1) is 10.5. The molecule has 0 amide bonds. The normalized spacial score (nSPS) is 13.2. The molecule has 0 radical (unpaired) electrons. The quantitative estimate of drug-likeness (QED) is 0.861. The maximum atomic E-state index is 5.69. The molecule has 0 saturated carbocycles. The number of nitrogens with two attached hydrogens (primary N) is 1. The van der Waals surface area contributed by atoms with Gasteiger partial charge in [-0.1, -0.05) is 13.3 Å². The molecule has 0 saturated heterocycles. The van der Waals surface area contributed by atoms with Crippen molar-refractivity contribution in [1.29, 1.82) is 0 Å². The fourth-order valence-electron chi connectivity index (χ4n) is 1.56. The molecule has 0 aliphatic heterocycles. The summed E-state index contributed by atoms with van der Waals surface area (Å²) in [4.78, 5) is 8.61. The van der Waals surface area contributed by atoms with Crippen molar-refractivity contribution in [3.8, 4) is 0 Å². The van der Waals surface area contributed by atoms with Gasteiger partial charge in [-0.15, -0.1) is 11.3 Å². The highest BCUT2D eigenvalue weighted by atomic mass is 32.1. The summed E-state index contributed by atoms with van der Waals surface area (Å²) in [6, 6.07) is 2.01. The highest BCUT2D eigenvalue weighted by Gasteiger charge is 2.09. The lowest BCUT2D eigenvalue weighted by Gasteiger charge is -2.08. The Labute approximate surface area is 93.4 Å². The Morgan fingerprint density at radius 1 is 1.53 bits per heavy atom. The van der Waals surface area contributed by atoms with Crippen molar-refractivity contribution < 1.29 is 0 Å². The van der Waals surface area contributed by atoms with E-state index in [4.69, 9.17) is 5.73 Å². The van der Waals surface area contributed by atoms with E-state index in [9.17, 15) is 0 Å². The van der Waals surface area contributed by atoms with Gasteiger partial charge in [0.25, 0.3) is 0 Å².